The number of sulfonamides is 1. The Balaban J connectivity index is 1.73. The SMILES string of the molecule is CC1=NN(c2ccc(C(=O)NS(=O)(=O)c3cccs3)cc2)CC1. The van der Waals surface area contributed by atoms with Crippen LogP contribution in [0.25, 0.3) is 0 Å². The maximum Gasteiger partial charge on any atom is 0.273 e. The molecule has 0 atom stereocenters. The van der Waals surface area contributed by atoms with Gasteiger partial charge in [0.1, 0.15) is 4.21 Å². The molecule has 1 aromatic heterocycles. The summed E-state index contributed by atoms with van der Waals surface area (Å²) in [5.74, 6) is -0.647. The minimum Gasteiger partial charge on any atom is -0.268 e. The maximum absolute atomic E-state index is 12.1. The third-order valence-electron chi connectivity index (χ3n) is 3.39. The van der Waals surface area contributed by atoms with Gasteiger partial charge in [-0.05, 0) is 42.6 Å². The molecule has 0 saturated heterocycles. The average Bonchev–Trinajstić information content (AvgIpc) is 3.18. The van der Waals surface area contributed by atoms with Crippen molar-refractivity contribution in [1.82, 2.24) is 4.72 Å². The van der Waals surface area contributed by atoms with E-state index in [0.29, 0.717) is 0 Å². The van der Waals surface area contributed by atoms with E-state index in [4.69, 9.17) is 0 Å². The molecule has 3 rings (SSSR count). The van der Waals surface area contributed by atoms with Crippen LogP contribution in [-0.2, 0) is 10.0 Å². The number of carbonyl (C=O) groups is 1. The second kappa shape index (κ2) is 6.13. The fourth-order valence-electron chi connectivity index (χ4n) is 2.19. The Morgan fingerprint density at radius 1 is 1.26 bits per heavy atom. The van der Waals surface area contributed by atoms with E-state index in [9.17, 15) is 13.2 Å². The zero-order chi connectivity index (χ0) is 16.4. The molecule has 23 heavy (non-hydrogen) atoms. The number of carbonyl (C=O) groups excluding carboxylic acids is 1. The van der Waals surface area contributed by atoms with Crippen LogP contribution in [0.15, 0.2) is 51.1 Å². The molecular weight excluding hydrogens is 334 g/mol. The Morgan fingerprint density at radius 2 is 2.00 bits per heavy atom. The summed E-state index contributed by atoms with van der Waals surface area (Å²) in [7, 11) is -3.81. The van der Waals surface area contributed by atoms with Gasteiger partial charge in [0.2, 0.25) is 0 Å². The van der Waals surface area contributed by atoms with Gasteiger partial charge >= 0.3 is 0 Å². The van der Waals surface area contributed by atoms with E-state index in [-0.39, 0.29) is 9.77 Å². The minimum absolute atomic E-state index is 0.115. The highest BCUT2D eigenvalue weighted by atomic mass is 32.2. The zero-order valence-electron chi connectivity index (χ0n) is 12.4. The first-order chi connectivity index (χ1) is 11.0. The molecule has 1 aromatic carbocycles. The van der Waals surface area contributed by atoms with Gasteiger partial charge in [-0.25, -0.2) is 13.1 Å². The Kier molecular flexibility index (Phi) is 4.18. The summed E-state index contributed by atoms with van der Waals surface area (Å²) >= 11 is 1.06. The van der Waals surface area contributed by atoms with Gasteiger partial charge in [-0.15, -0.1) is 11.3 Å². The predicted octanol–water partition coefficient (Wildman–Crippen LogP) is 2.45. The summed E-state index contributed by atoms with van der Waals surface area (Å²) in [5.41, 5.74) is 2.22. The second-order valence-electron chi connectivity index (χ2n) is 5.12. The van der Waals surface area contributed by atoms with E-state index in [2.05, 4.69) is 9.82 Å². The molecule has 0 radical (unpaired) electrons. The van der Waals surface area contributed by atoms with Gasteiger partial charge in [0.05, 0.1) is 5.69 Å². The second-order valence-corrected chi connectivity index (χ2v) is 7.98. The first-order valence-corrected chi connectivity index (χ1v) is 9.34. The molecule has 2 heterocycles. The van der Waals surface area contributed by atoms with E-state index >= 15 is 0 Å². The topological polar surface area (TPSA) is 78.8 Å². The molecule has 120 valence electrons. The van der Waals surface area contributed by atoms with Gasteiger partial charge in [0, 0.05) is 24.2 Å². The maximum atomic E-state index is 12.1. The Hall–Kier alpha value is -2.19. The summed E-state index contributed by atoms with van der Waals surface area (Å²) in [6.07, 6.45) is 0.918. The number of rotatable bonds is 4. The van der Waals surface area contributed by atoms with Crippen molar-refractivity contribution >= 4 is 38.7 Å². The van der Waals surface area contributed by atoms with Crippen molar-refractivity contribution in [3.63, 3.8) is 0 Å². The zero-order valence-corrected chi connectivity index (χ0v) is 14.0. The Labute approximate surface area is 138 Å². The number of hydrazone groups is 1. The van der Waals surface area contributed by atoms with Gasteiger partial charge < -0.3 is 0 Å². The minimum atomic E-state index is -3.81. The lowest BCUT2D eigenvalue weighted by molar-refractivity contribution is 0.0981. The first-order valence-electron chi connectivity index (χ1n) is 6.98. The summed E-state index contributed by atoms with van der Waals surface area (Å²) < 4.78 is 26.3. The Bertz CT molecular complexity index is 841. The molecule has 0 spiro atoms. The van der Waals surface area contributed by atoms with Crippen LogP contribution in [0.2, 0.25) is 0 Å². The van der Waals surface area contributed by atoms with E-state index < -0.39 is 15.9 Å². The molecule has 1 amide bonds. The van der Waals surface area contributed by atoms with Gasteiger partial charge in [0.25, 0.3) is 15.9 Å². The standard InChI is InChI=1S/C15H15N3O3S2/c1-11-8-9-18(16-11)13-6-4-12(5-7-13)15(19)17-23(20,21)14-3-2-10-22-14/h2-7,10H,8-9H2,1H3,(H,17,19). The normalized spacial score (nSPS) is 14.7. The summed E-state index contributed by atoms with van der Waals surface area (Å²) in [6.45, 7) is 2.78. The van der Waals surface area contributed by atoms with Crippen LogP contribution in [0.5, 0.6) is 0 Å². The Morgan fingerprint density at radius 3 is 2.57 bits per heavy atom. The molecule has 6 nitrogen and oxygen atoms in total. The first kappa shape index (κ1) is 15.7. The van der Waals surface area contributed by atoms with Crippen LogP contribution < -0.4 is 9.73 Å². The molecule has 0 saturated carbocycles. The van der Waals surface area contributed by atoms with E-state index in [1.807, 2.05) is 11.9 Å². The predicted molar refractivity (Wildman–Crippen MR) is 90.5 cm³/mol. The van der Waals surface area contributed by atoms with Crippen LogP contribution in [0.4, 0.5) is 5.69 Å². The van der Waals surface area contributed by atoms with Crippen molar-refractivity contribution in [2.45, 2.75) is 17.6 Å². The molecular formula is C15H15N3O3S2. The van der Waals surface area contributed by atoms with Crippen molar-refractivity contribution in [3.8, 4) is 0 Å². The number of hydrogen-bond acceptors (Lipinski definition) is 6. The third kappa shape index (κ3) is 3.43. The summed E-state index contributed by atoms with van der Waals surface area (Å²) in [6, 6.07) is 9.78. The van der Waals surface area contributed by atoms with Gasteiger partial charge in [-0.1, -0.05) is 6.07 Å². The van der Waals surface area contributed by atoms with Crippen molar-refractivity contribution < 1.29 is 13.2 Å². The van der Waals surface area contributed by atoms with E-state index in [1.165, 1.54) is 6.07 Å². The van der Waals surface area contributed by atoms with Crippen molar-refractivity contribution in [2.24, 2.45) is 5.10 Å². The fraction of sp³-hybridized carbons (Fsp3) is 0.200. The van der Waals surface area contributed by atoms with Crippen molar-refractivity contribution in [1.29, 1.82) is 0 Å². The lowest BCUT2D eigenvalue weighted by Gasteiger charge is -2.13. The average molecular weight is 349 g/mol. The smallest absolute Gasteiger partial charge is 0.268 e. The number of anilines is 1. The third-order valence-corrected chi connectivity index (χ3v) is 6.12. The summed E-state index contributed by atoms with van der Waals surface area (Å²) in [5, 5.41) is 7.89. The van der Waals surface area contributed by atoms with Crippen molar-refractivity contribution in [2.75, 3.05) is 11.6 Å². The van der Waals surface area contributed by atoms with E-state index in [0.717, 1.165) is 35.7 Å². The highest BCUT2D eigenvalue weighted by molar-refractivity contribution is 7.92. The molecule has 0 fully saturated rings. The highest BCUT2D eigenvalue weighted by Gasteiger charge is 2.20. The number of amides is 1. The highest BCUT2D eigenvalue weighted by Crippen LogP contribution is 2.20. The lowest BCUT2D eigenvalue weighted by atomic mass is 10.2. The molecule has 0 aliphatic carbocycles. The van der Waals surface area contributed by atoms with Crippen LogP contribution in [0.1, 0.15) is 23.7 Å². The molecule has 1 N–H and O–H groups in total. The van der Waals surface area contributed by atoms with E-state index in [1.54, 1.807) is 35.7 Å². The number of nitrogens with zero attached hydrogens (tertiary/aromatic N) is 2. The number of benzene rings is 1. The molecule has 1 aliphatic rings. The summed E-state index contributed by atoms with van der Waals surface area (Å²) in [4.78, 5) is 12.1. The van der Waals surface area contributed by atoms with Crippen LogP contribution in [-0.4, -0.2) is 26.6 Å². The number of hydrogen-bond donors (Lipinski definition) is 1. The largest absolute Gasteiger partial charge is 0.273 e. The number of nitrogens with one attached hydrogen (secondary N) is 1. The van der Waals surface area contributed by atoms with Crippen LogP contribution >= 0.6 is 11.3 Å². The molecule has 0 bridgehead atoms. The van der Waals surface area contributed by atoms with Crippen molar-refractivity contribution in [3.05, 3.63) is 47.3 Å². The molecule has 1 aliphatic heterocycles. The fourth-order valence-corrected chi connectivity index (χ4v) is 4.16. The molecule has 2 aromatic rings. The molecule has 8 heteroatoms. The van der Waals surface area contributed by atoms with Gasteiger partial charge in [-0.3, -0.25) is 9.80 Å². The monoisotopic (exact) mass is 349 g/mol. The molecule has 0 unspecified atom stereocenters. The van der Waals surface area contributed by atoms with Gasteiger partial charge in [-0.2, -0.15) is 5.10 Å². The quantitative estimate of drug-likeness (QED) is 0.919. The van der Waals surface area contributed by atoms with Crippen LogP contribution in [0, 0.1) is 0 Å². The van der Waals surface area contributed by atoms with Gasteiger partial charge in [0.15, 0.2) is 0 Å². The van der Waals surface area contributed by atoms with Crippen LogP contribution in [0.3, 0.4) is 0 Å². The lowest BCUT2D eigenvalue weighted by Crippen LogP contribution is -2.30. The number of thiophene rings is 1.